The van der Waals surface area contributed by atoms with Crippen LogP contribution in [0.5, 0.6) is 0 Å². The minimum Gasteiger partial charge on any atom is -0.476 e. The molecule has 0 unspecified atom stereocenters. The highest BCUT2D eigenvalue weighted by Gasteiger charge is 2.39. The van der Waals surface area contributed by atoms with Crippen molar-refractivity contribution in [3.8, 4) is 0 Å². The van der Waals surface area contributed by atoms with Gasteiger partial charge >= 0.3 is 5.97 Å². The summed E-state index contributed by atoms with van der Waals surface area (Å²) in [5, 5.41) is 13.4. The number of hydrogen-bond donors (Lipinski definition) is 1. The number of alkyl halides is 2. The second-order valence-electron chi connectivity index (χ2n) is 8.36. The third-order valence-electron chi connectivity index (χ3n) is 6.37. The molecule has 2 aliphatic rings. The number of hydrogen-bond acceptors (Lipinski definition) is 4. The minimum atomic E-state index is -2.92. The van der Waals surface area contributed by atoms with E-state index in [1.807, 2.05) is 6.07 Å². The van der Waals surface area contributed by atoms with Crippen LogP contribution in [0.1, 0.15) is 39.3 Å². The van der Waals surface area contributed by atoms with E-state index in [2.05, 4.69) is 36.0 Å². The Morgan fingerprint density at radius 1 is 1.16 bits per heavy atom. The highest BCUT2D eigenvalue weighted by atomic mass is 19.3. The van der Waals surface area contributed by atoms with Crippen LogP contribution in [0, 0.1) is 13.8 Å². The monoisotopic (exact) mass is 432 g/mol. The number of amides is 1. The second kappa shape index (κ2) is 7.94. The number of carboxylic acids is 1. The number of benzene rings is 1. The maximum atomic E-state index is 13.9. The number of fused-ring (bicyclic) bond motifs is 1. The summed E-state index contributed by atoms with van der Waals surface area (Å²) >= 11 is 0. The standard InChI is InChI=1S/C22H26F2N4O3/c1-14-4-3-5-17(15(14)2)26-8-10-27(11-9-26)19(29)13-28-18-12-22(23,24)7-6-16(18)20(25-28)21(30)31/h3-5H,6-13H2,1-2H3,(H,30,31). The van der Waals surface area contributed by atoms with E-state index in [-0.39, 0.29) is 30.3 Å². The van der Waals surface area contributed by atoms with E-state index in [1.54, 1.807) is 4.90 Å². The Bertz CT molecular complexity index is 1030. The minimum absolute atomic E-state index is 0.0489. The van der Waals surface area contributed by atoms with Crippen LogP contribution in [0.15, 0.2) is 18.2 Å². The second-order valence-corrected chi connectivity index (χ2v) is 8.36. The van der Waals surface area contributed by atoms with Gasteiger partial charge in [0, 0.05) is 49.5 Å². The molecule has 1 N–H and O–H groups in total. The molecule has 0 atom stereocenters. The fourth-order valence-electron chi connectivity index (χ4n) is 4.44. The van der Waals surface area contributed by atoms with Crippen LogP contribution in [0.3, 0.4) is 0 Å². The molecule has 1 aliphatic carbocycles. The Labute approximate surface area is 179 Å². The van der Waals surface area contributed by atoms with Gasteiger partial charge in [-0.2, -0.15) is 5.10 Å². The van der Waals surface area contributed by atoms with Crippen LogP contribution in [-0.2, 0) is 24.2 Å². The van der Waals surface area contributed by atoms with Crippen molar-refractivity contribution < 1.29 is 23.5 Å². The third kappa shape index (κ3) is 4.13. The molecule has 1 fully saturated rings. The number of aromatic carboxylic acids is 1. The van der Waals surface area contributed by atoms with Crippen LogP contribution in [0.4, 0.5) is 14.5 Å². The van der Waals surface area contributed by atoms with Crippen LogP contribution >= 0.6 is 0 Å². The van der Waals surface area contributed by atoms with Gasteiger partial charge in [0.1, 0.15) is 6.54 Å². The number of nitrogens with zero attached hydrogens (tertiary/aromatic N) is 4. The fourth-order valence-corrected chi connectivity index (χ4v) is 4.44. The molecule has 2 heterocycles. The van der Waals surface area contributed by atoms with E-state index in [0.717, 1.165) is 5.69 Å². The van der Waals surface area contributed by atoms with E-state index in [1.165, 1.54) is 15.8 Å². The summed E-state index contributed by atoms with van der Waals surface area (Å²) in [7, 11) is 0. The molecule has 166 valence electrons. The van der Waals surface area contributed by atoms with Crippen LogP contribution in [-0.4, -0.2) is 63.8 Å². The number of carboxylic acid groups (broad SMARTS) is 1. The van der Waals surface area contributed by atoms with Crippen molar-refractivity contribution in [3.05, 3.63) is 46.3 Å². The summed E-state index contributed by atoms with van der Waals surface area (Å²) in [5.41, 5.74) is 3.85. The van der Waals surface area contributed by atoms with Crippen LogP contribution in [0.25, 0.3) is 0 Å². The summed E-state index contributed by atoms with van der Waals surface area (Å²) < 4.78 is 29.1. The number of piperazine rings is 1. The molecule has 7 nitrogen and oxygen atoms in total. The van der Waals surface area contributed by atoms with Gasteiger partial charge in [-0.15, -0.1) is 0 Å². The van der Waals surface area contributed by atoms with Crippen molar-refractivity contribution in [2.24, 2.45) is 0 Å². The van der Waals surface area contributed by atoms with E-state index in [0.29, 0.717) is 31.7 Å². The van der Waals surface area contributed by atoms with Gasteiger partial charge in [0.05, 0.1) is 6.42 Å². The maximum absolute atomic E-state index is 13.9. The topological polar surface area (TPSA) is 78.7 Å². The quantitative estimate of drug-likeness (QED) is 0.804. The van der Waals surface area contributed by atoms with Crippen LogP contribution in [0.2, 0.25) is 0 Å². The zero-order valence-electron chi connectivity index (χ0n) is 17.7. The highest BCUT2D eigenvalue weighted by Crippen LogP contribution is 2.34. The number of carbonyl (C=O) groups is 2. The molecule has 9 heteroatoms. The smallest absolute Gasteiger partial charge is 0.356 e. The average molecular weight is 432 g/mol. The van der Waals surface area contributed by atoms with Crippen molar-refractivity contribution in [1.29, 1.82) is 0 Å². The van der Waals surface area contributed by atoms with Crippen molar-refractivity contribution in [2.75, 3.05) is 31.1 Å². The summed E-state index contributed by atoms with van der Waals surface area (Å²) in [6.07, 6.45) is -1.04. The Hall–Kier alpha value is -2.97. The molecular weight excluding hydrogens is 406 g/mol. The maximum Gasteiger partial charge on any atom is 0.356 e. The first-order valence-electron chi connectivity index (χ1n) is 10.4. The third-order valence-corrected chi connectivity index (χ3v) is 6.37. The van der Waals surface area contributed by atoms with Gasteiger partial charge in [-0.05, 0) is 37.5 Å². The Morgan fingerprint density at radius 2 is 1.87 bits per heavy atom. The zero-order valence-corrected chi connectivity index (χ0v) is 17.7. The molecule has 2 aromatic rings. The lowest BCUT2D eigenvalue weighted by Crippen LogP contribution is -2.50. The summed E-state index contributed by atoms with van der Waals surface area (Å²) in [4.78, 5) is 28.3. The lowest BCUT2D eigenvalue weighted by molar-refractivity contribution is -0.132. The van der Waals surface area contributed by atoms with Gasteiger partial charge in [-0.3, -0.25) is 9.48 Å². The zero-order chi connectivity index (χ0) is 22.3. The lowest BCUT2D eigenvalue weighted by atomic mass is 9.92. The van der Waals surface area contributed by atoms with Gasteiger partial charge < -0.3 is 14.9 Å². The summed E-state index contributed by atoms with van der Waals surface area (Å²) in [6, 6.07) is 6.16. The van der Waals surface area contributed by atoms with Gasteiger partial charge in [0.15, 0.2) is 5.69 Å². The predicted molar refractivity (Wildman–Crippen MR) is 111 cm³/mol. The fraction of sp³-hybridized carbons (Fsp3) is 0.500. The first kappa shape index (κ1) is 21.3. The molecule has 0 radical (unpaired) electrons. The number of aryl methyl sites for hydroxylation is 1. The summed E-state index contributed by atoms with van der Waals surface area (Å²) in [6.45, 7) is 6.29. The molecule has 1 aromatic heterocycles. The molecule has 31 heavy (non-hydrogen) atoms. The van der Waals surface area contributed by atoms with Gasteiger partial charge in [0.2, 0.25) is 5.91 Å². The number of rotatable bonds is 4. The molecule has 4 rings (SSSR count). The Morgan fingerprint density at radius 3 is 2.55 bits per heavy atom. The van der Waals surface area contributed by atoms with E-state index in [4.69, 9.17) is 0 Å². The van der Waals surface area contributed by atoms with E-state index >= 15 is 0 Å². The molecule has 0 bridgehead atoms. The largest absolute Gasteiger partial charge is 0.476 e. The van der Waals surface area contributed by atoms with E-state index < -0.39 is 24.7 Å². The van der Waals surface area contributed by atoms with Gasteiger partial charge in [0.25, 0.3) is 5.92 Å². The molecule has 1 aliphatic heterocycles. The van der Waals surface area contributed by atoms with Crippen molar-refractivity contribution in [2.45, 2.75) is 45.6 Å². The molecular formula is C22H26F2N4O3. The number of anilines is 1. The van der Waals surface area contributed by atoms with Gasteiger partial charge in [-0.25, -0.2) is 13.6 Å². The Balaban J connectivity index is 1.46. The number of halogens is 2. The first-order chi connectivity index (χ1) is 14.7. The SMILES string of the molecule is Cc1cccc(N2CCN(C(=O)Cn3nc(C(=O)O)c4c3CC(F)(F)CC4)CC2)c1C. The molecule has 1 aromatic carbocycles. The highest BCUT2D eigenvalue weighted by molar-refractivity contribution is 5.87. The molecule has 1 amide bonds. The van der Waals surface area contributed by atoms with Crippen molar-refractivity contribution in [1.82, 2.24) is 14.7 Å². The molecule has 0 spiro atoms. The molecule has 0 saturated carbocycles. The van der Waals surface area contributed by atoms with Crippen molar-refractivity contribution in [3.63, 3.8) is 0 Å². The lowest BCUT2D eigenvalue weighted by Gasteiger charge is -2.37. The normalized spacial score (nSPS) is 18.1. The van der Waals surface area contributed by atoms with Crippen molar-refractivity contribution >= 4 is 17.6 Å². The number of aromatic nitrogens is 2. The van der Waals surface area contributed by atoms with Crippen LogP contribution < -0.4 is 4.90 Å². The summed E-state index contributed by atoms with van der Waals surface area (Å²) in [5.74, 6) is -4.41. The Kier molecular flexibility index (Phi) is 5.45. The number of carbonyl (C=O) groups excluding carboxylic acids is 1. The van der Waals surface area contributed by atoms with Gasteiger partial charge in [-0.1, -0.05) is 12.1 Å². The first-order valence-corrected chi connectivity index (χ1v) is 10.4. The molecule has 1 saturated heterocycles. The average Bonchev–Trinajstić information content (AvgIpc) is 3.07. The van der Waals surface area contributed by atoms with E-state index in [9.17, 15) is 23.5 Å². The predicted octanol–water partition coefficient (Wildman–Crippen LogP) is 2.67.